The number of para-hydroxylation sites is 1. The van der Waals surface area contributed by atoms with Crippen molar-refractivity contribution < 1.29 is 19.5 Å². The molecule has 2 atom stereocenters. The monoisotopic (exact) mass is 483 g/mol. The molecule has 1 aromatic rings. The van der Waals surface area contributed by atoms with Crippen LogP contribution in [0, 0.1) is 11.3 Å². The fourth-order valence-electron chi connectivity index (χ4n) is 5.96. The average Bonchev–Trinajstić information content (AvgIpc) is 3.58. The van der Waals surface area contributed by atoms with Gasteiger partial charge in [0.25, 0.3) is 0 Å². The molecular formula is C28H41N3O4. The summed E-state index contributed by atoms with van der Waals surface area (Å²) in [5.41, 5.74) is 1.23. The Morgan fingerprint density at radius 2 is 1.71 bits per heavy atom. The van der Waals surface area contributed by atoms with Crippen LogP contribution in [0.2, 0.25) is 0 Å². The van der Waals surface area contributed by atoms with Crippen molar-refractivity contribution in [3.63, 3.8) is 0 Å². The summed E-state index contributed by atoms with van der Waals surface area (Å²) in [5, 5.41) is 9.34. The molecule has 0 radical (unpaired) electrons. The number of nitrogens with zero attached hydrogens (tertiary/aromatic N) is 3. The minimum atomic E-state index is -0.881. The molecule has 2 unspecified atom stereocenters. The number of carboxylic acid groups (broad SMARTS) is 1. The van der Waals surface area contributed by atoms with Gasteiger partial charge in [-0.2, -0.15) is 0 Å². The Labute approximate surface area is 209 Å². The van der Waals surface area contributed by atoms with Crippen molar-refractivity contribution >= 4 is 23.5 Å². The number of carbonyl (C=O) groups excluding carboxylic acids is 2. The van der Waals surface area contributed by atoms with E-state index in [1.807, 2.05) is 47.9 Å². The minimum Gasteiger partial charge on any atom is -0.481 e. The third kappa shape index (κ3) is 6.63. The van der Waals surface area contributed by atoms with Crippen molar-refractivity contribution in [2.45, 2.75) is 90.8 Å². The number of hydrogen-bond donors (Lipinski definition) is 1. The average molecular weight is 484 g/mol. The van der Waals surface area contributed by atoms with Gasteiger partial charge in [0.2, 0.25) is 11.8 Å². The van der Waals surface area contributed by atoms with Gasteiger partial charge in [-0.05, 0) is 55.1 Å². The van der Waals surface area contributed by atoms with Crippen LogP contribution in [0.25, 0.3) is 0 Å². The highest BCUT2D eigenvalue weighted by Gasteiger charge is 2.38. The van der Waals surface area contributed by atoms with Crippen LogP contribution in [0.1, 0.15) is 77.7 Å². The van der Waals surface area contributed by atoms with E-state index in [0.717, 1.165) is 49.4 Å². The van der Waals surface area contributed by atoms with Gasteiger partial charge in [-0.3, -0.25) is 19.3 Å². The van der Waals surface area contributed by atoms with E-state index in [9.17, 15) is 19.5 Å². The van der Waals surface area contributed by atoms with Crippen LogP contribution in [-0.4, -0.2) is 64.4 Å². The highest BCUT2D eigenvalue weighted by Crippen LogP contribution is 2.36. The summed E-state index contributed by atoms with van der Waals surface area (Å²) in [6.45, 7) is 8.18. The van der Waals surface area contributed by atoms with Gasteiger partial charge >= 0.3 is 5.97 Å². The van der Waals surface area contributed by atoms with E-state index < -0.39 is 11.4 Å². The molecule has 7 nitrogen and oxygen atoms in total. The zero-order valence-electron chi connectivity index (χ0n) is 21.5. The fourth-order valence-corrected chi connectivity index (χ4v) is 5.96. The van der Waals surface area contributed by atoms with Crippen LogP contribution in [0.4, 0.5) is 5.69 Å². The van der Waals surface area contributed by atoms with Gasteiger partial charge < -0.3 is 14.9 Å². The lowest BCUT2D eigenvalue weighted by atomic mass is 9.85. The number of benzene rings is 1. The molecule has 192 valence electrons. The van der Waals surface area contributed by atoms with Crippen LogP contribution in [0.15, 0.2) is 24.3 Å². The second-order valence-electron chi connectivity index (χ2n) is 11.7. The zero-order chi connectivity index (χ0) is 25.2. The Balaban J connectivity index is 1.68. The van der Waals surface area contributed by atoms with E-state index in [1.165, 1.54) is 12.8 Å². The van der Waals surface area contributed by atoms with Crippen molar-refractivity contribution in [1.29, 1.82) is 0 Å². The molecule has 0 spiro atoms. The molecule has 4 rings (SSSR count). The maximum absolute atomic E-state index is 13.7. The number of anilines is 1. The Hall–Kier alpha value is -2.41. The standard InChI is InChI=1S/C28H41N3O4/c1-20(32)30-14-13-23-8-6-9-24(31(23)17-21-11-12-21)19-29(18-22-7-4-5-10-25(22)30)26(33)15-28(2,3)16-27(34)35/h4-5,7,10,21,23-24H,6,8-9,11-19H2,1-3H3,(H,34,35). The molecule has 1 N–H and O–H groups in total. The van der Waals surface area contributed by atoms with Crippen molar-refractivity contribution in [1.82, 2.24) is 9.80 Å². The van der Waals surface area contributed by atoms with E-state index in [-0.39, 0.29) is 24.7 Å². The summed E-state index contributed by atoms with van der Waals surface area (Å²) in [4.78, 5) is 44.3. The number of fused-ring (bicyclic) bond motifs is 3. The van der Waals surface area contributed by atoms with Crippen LogP contribution < -0.4 is 4.90 Å². The van der Waals surface area contributed by atoms with Gasteiger partial charge in [0.1, 0.15) is 0 Å². The van der Waals surface area contributed by atoms with Gasteiger partial charge in [0.15, 0.2) is 0 Å². The number of amides is 2. The molecule has 2 heterocycles. The second kappa shape index (κ2) is 10.7. The summed E-state index contributed by atoms with van der Waals surface area (Å²) in [6.07, 6.45) is 7.00. The summed E-state index contributed by atoms with van der Waals surface area (Å²) in [5.74, 6) is -0.108. The van der Waals surface area contributed by atoms with E-state index in [1.54, 1.807) is 6.92 Å². The molecule has 3 aliphatic rings. The van der Waals surface area contributed by atoms with Crippen LogP contribution in [-0.2, 0) is 20.9 Å². The molecular weight excluding hydrogens is 442 g/mol. The topological polar surface area (TPSA) is 81.2 Å². The second-order valence-corrected chi connectivity index (χ2v) is 11.7. The lowest BCUT2D eigenvalue weighted by Gasteiger charge is -2.44. The van der Waals surface area contributed by atoms with Gasteiger partial charge in [-0.25, -0.2) is 0 Å². The van der Waals surface area contributed by atoms with Crippen molar-refractivity contribution in [2.75, 3.05) is 24.5 Å². The van der Waals surface area contributed by atoms with Gasteiger partial charge in [0.05, 0.1) is 6.42 Å². The summed E-state index contributed by atoms with van der Waals surface area (Å²) < 4.78 is 0. The maximum Gasteiger partial charge on any atom is 0.303 e. The first-order chi connectivity index (χ1) is 16.6. The maximum atomic E-state index is 13.7. The molecule has 2 aliphatic heterocycles. The Morgan fingerprint density at radius 3 is 2.40 bits per heavy atom. The van der Waals surface area contributed by atoms with Crippen molar-refractivity contribution in [3.8, 4) is 0 Å². The predicted molar refractivity (Wildman–Crippen MR) is 136 cm³/mol. The summed E-state index contributed by atoms with van der Waals surface area (Å²) in [7, 11) is 0. The van der Waals surface area contributed by atoms with Gasteiger partial charge in [-0.1, -0.05) is 38.5 Å². The Morgan fingerprint density at radius 1 is 1.00 bits per heavy atom. The molecule has 35 heavy (non-hydrogen) atoms. The molecule has 2 fully saturated rings. The molecule has 1 saturated carbocycles. The smallest absolute Gasteiger partial charge is 0.303 e. The van der Waals surface area contributed by atoms with Crippen molar-refractivity contribution in [3.05, 3.63) is 29.8 Å². The molecule has 2 amide bonds. The number of carboxylic acids is 1. The molecule has 7 heteroatoms. The SMILES string of the molecule is CC(=O)N1CCC2CCCC(CN(C(=O)CC(C)(C)CC(=O)O)Cc3ccccc31)N2CC1CC1. The number of carbonyl (C=O) groups is 3. The molecule has 2 bridgehead atoms. The number of aliphatic carboxylic acids is 1. The summed E-state index contributed by atoms with van der Waals surface area (Å²) >= 11 is 0. The number of hydrogen-bond acceptors (Lipinski definition) is 4. The van der Waals surface area contributed by atoms with E-state index in [0.29, 0.717) is 31.7 Å². The van der Waals surface area contributed by atoms with Gasteiger partial charge in [-0.15, -0.1) is 0 Å². The molecule has 0 aromatic heterocycles. The minimum absolute atomic E-state index is 0.00632. The van der Waals surface area contributed by atoms with Crippen LogP contribution in [0.3, 0.4) is 0 Å². The third-order valence-corrected chi connectivity index (χ3v) is 7.93. The molecule has 1 aliphatic carbocycles. The first-order valence-electron chi connectivity index (χ1n) is 13.2. The van der Waals surface area contributed by atoms with E-state index in [2.05, 4.69) is 4.90 Å². The largest absolute Gasteiger partial charge is 0.481 e. The molecule has 1 saturated heterocycles. The highest BCUT2D eigenvalue weighted by atomic mass is 16.4. The Bertz CT molecular complexity index is 942. The van der Waals surface area contributed by atoms with Crippen LogP contribution in [0.5, 0.6) is 0 Å². The lowest BCUT2D eigenvalue weighted by molar-refractivity contribution is -0.141. The number of rotatable bonds is 6. The van der Waals surface area contributed by atoms with E-state index >= 15 is 0 Å². The van der Waals surface area contributed by atoms with E-state index in [4.69, 9.17) is 0 Å². The third-order valence-electron chi connectivity index (χ3n) is 7.93. The zero-order valence-corrected chi connectivity index (χ0v) is 21.5. The first kappa shape index (κ1) is 25.7. The summed E-state index contributed by atoms with van der Waals surface area (Å²) in [6, 6.07) is 8.64. The Kier molecular flexibility index (Phi) is 7.84. The first-order valence-corrected chi connectivity index (χ1v) is 13.2. The van der Waals surface area contributed by atoms with Gasteiger partial charge in [0, 0.05) is 57.3 Å². The molecule has 1 aromatic carbocycles. The number of piperidine rings is 1. The lowest BCUT2D eigenvalue weighted by Crippen LogP contribution is -2.53. The fraction of sp³-hybridized carbons (Fsp3) is 0.679. The normalized spacial score (nSPS) is 23.9. The quantitative estimate of drug-likeness (QED) is 0.653. The highest BCUT2D eigenvalue weighted by molar-refractivity contribution is 5.92. The van der Waals surface area contributed by atoms with Crippen molar-refractivity contribution in [2.24, 2.45) is 11.3 Å². The predicted octanol–water partition coefficient (Wildman–Crippen LogP) is 4.30. The van der Waals surface area contributed by atoms with Crippen LogP contribution >= 0.6 is 0 Å².